The molecule has 0 spiro atoms. The van der Waals surface area contributed by atoms with Crippen LogP contribution in [0.3, 0.4) is 0 Å². The zero-order valence-corrected chi connectivity index (χ0v) is 19.5. The van der Waals surface area contributed by atoms with Gasteiger partial charge in [0.05, 0.1) is 18.7 Å². The van der Waals surface area contributed by atoms with E-state index in [2.05, 4.69) is 0 Å². The minimum atomic E-state index is -2.04. The van der Waals surface area contributed by atoms with Gasteiger partial charge in [0, 0.05) is 39.3 Å². The average molecular weight is 491 g/mol. The van der Waals surface area contributed by atoms with Gasteiger partial charge in [0.1, 0.15) is 0 Å². The maximum absolute atomic E-state index is 13.6. The number of ketones is 1. The third kappa shape index (κ3) is 3.92. The Morgan fingerprint density at radius 3 is 2.44 bits per heavy atom. The maximum atomic E-state index is 13.6. The Morgan fingerprint density at radius 2 is 1.68 bits per heavy atom. The van der Waals surface area contributed by atoms with E-state index in [-0.39, 0.29) is 12.3 Å². The van der Waals surface area contributed by atoms with Crippen molar-refractivity contribution in [3.05, 3.63) is 118 Å². The van der Waals surface area contributed by atoms with Gasteiger partial charge in [-0.1, -0.05) is 53.5 Å². The highest BCUT2D eigenvalue weighted by Gasteiger charge is 2.51. The first-order chi connectivity index (χ1) is 16.4. The van der Waals surface area contributed by atoms with Crippen LogP contribution in [0.1, 0.15) is 27.9 Å². The number of rotatable bonds is 6. The van der Waals surface area contributed by atoms with Gasteiger partial charge in [0.25, 0.3) is 5.91 Å². The number of aromatic nitrogens is 1. The van der Waals surface area contributed by atoms with Gasteiger partial charge in [0.2, 0.25) is 0 Å². The lowest BCUT2D eigenvalue weighted by Gasteiger charge is -2.23. The molecule has 170 valence electrons. The van der Waals surface area contributed by atoms with Crippen LogP contribution in [0.15, 0.2) is 91.3 Å². The van der Waals surface area contributed by atoms with Gasteiger partial charge < -0.3 is 14.6 Å². The van der Waals surface area contributed by atoms with Crippen molar-refractivity contribution in [2.24, 2.45) is 0 Å². The van der Waals surface area contributed by atoms with Crippen molar-refractivity contribution in [1.29, 1.82) is 0 Å². The molecule has 2 heterocycles. The predicted octanol–water partition coefficient (Wildman–Crippen LogP) is 5.79. The Labute approximate surface area is 206 Å². The fraction of sp³-hybridized carbons (Fsp3) is 0.111. The first-order valence-electron chi connectivity index (χ1n) is 10.7. The van der Waals surface area contributed by atoms with Crippen LogP contribution >= 0.6 is 23.2 Å². The van der Waals surface area contributed by atoms with Crippen LogP contribution in [0.2, 0.25) is 10.0 Å². The zero-order chi connectivity index (χ0) is 23.9. The number of Topliss-reactive ketones (excluding diaryl/α,β-unsaturated/α-hetero) is 1. The van der Waals surface area contributed by atoms with Gasteiger partial charge >= 0.3 is 0 Å². The fourth-order valence-corrected chi connectivity index (χ4v) is 4.70. The van der Waals surface area contributed by atoms with Gasteiger partial charge in [-0.3, -0.25) is 9.59 Å². The number of carbonyl (C=O) groups is 2. The number of benzene rings is 3. The Hall–Kier alpha value is -3.38. The van der Waals surface area contributed by atoms with E-state index < -0.39 is 17.9 Å². The molecule has 0 aliphatic carbocycles. The predicted molar refractivity (Wildman–Crippen MR) is 133 cm³/mol. The molecule has 1 amide bonds. The normalized spacial score (nSPS) is 17.1. The molecule has 5 rings (SSSR count). The standard InChI is InChI=1S/C27H20Cl2N2O3/c28-20-10-11-24-22(15-20)27(34,26(33)31(24)17-19-6-1-2-9-23(19)29)16-25(32)18-7-5-8-21(14-18)30-12-3-4-13-30/h1-15,34H,16-17H2/t27-/m0/s1. The van der Waals surface area contributed by atoms with Crippen molar-refractivity contribution in [3.63, 3.8) is 0 Å². The topological polar surface area (TPSA) is 62.5 Å². The number of amides is 1. The lowest BCUT2D eigenvalue weighted by atomic mass is 9.88. The SMILES string of the molecule is O=C(C[C@@]1(O)C(=O)N(Cc2ccccc2Cl)c2ccc(Cl)cc21)c1cccc(-n2cccc2)c1. The summed E-state index contributed by atoms with van der Waals surface area (Å²) in [6, 6.07) is 22.9. The zero-order valence-electron chi connectivity index (χ0n) is 18.0. The molecule has 3 aromatic carbocycles. The molecule has 0 unspecified atom stereocenters. The van der Waals surface area contributed by atoms with Gasteiger partial charge in [-0.15, -0.1) is 0 Å². The number of halogens is 2. The quantitative estimate of drug-likeness (QED) is 0.347. The summed E-state index contributed by atoms with van der Waals surface area (Å²) in [5.74, 6) is -0.935. The van der Waals surface area contributed by atoms with Gasteiger partial charge in [-0.2, -0.15) is 0 Å². The summed E-state index contributed by atoms with van der Waals surface area (Å²) in [5, 5.41) is 12.5. The number of fused-ring (bicyclic) bond motifs is 1. The van der Waals surface area contributed by atoms with E-state index in [1.165, 1.54) is 4.90 Å². The Balaban J connectivity index is 1.49. The second kappa shape index (κ2) is 8.76. The van der Waals surface area contributed by atoms with Crippen LogP contribution in [0, 0.1) is 0 Å². The van der Waals surface area contributed by atoms with Gasteiger partial charge in [-0.25, -0.2) is 0 Å². The molecule has 1 aromatic heterocycles. The lowest BCUT2D eigenvalue weighted by Crippen LogP contribution is -2.41. The highest BCUT2D eigenvalue weighted by Crippen LogP contribution is 2.45. The molecule has 0 saturated heterocycles. The molecule has 0 saturated carbocycles. The molecule has 5 nitrogen and oxygen atoms in total. The minimum absolute atomic E-state index is 0.159. The van der Waals surface area contributed by atoms with Crippen LogP contribution in [-0.2, 0) is 16.9 Å². The number of carbonyl (C=O) groups excluding carboxylic acids is 2. The van der Waals surface area contributed by atoms with Crippen molar-refractivity contribution in [1.82, 2.24) is 4.57 Å². The minimum Gasteiger partial charge on any atom is -0.375 e. The third-order valence-electron chi connectivity index (χ3n) is 6.07. The highest BCUT2D eigenvalue weighted by molar-refractivity contribution is 6.31. The maximum Gasteiger partial charge on any atom is 0.264 e. The monoisotopic (exact) mass is 490 g/mol. The summed E-state index contributed by atoms with van der Waals surface area (Å²) < 4.78 is 1.88. The Kier molecular flexibility index (Phi) is 5.78. The Bertz CT molecular complexity index is 1400. The van der Waals surface area contributed by atoms with E-state index in [0.717, 1.165) is 11.3 Å². The first kappa shape index (κ1) is 22.4. The summed E-state index contributed by atoms with van der Waals surface area (Å²) in [5.41, 5.74) is 0.721. The molecule has 1 aliphatic heterocycles. The summed E-state index contributed by atoms with van der Waals surface area (Å²) in [6.45, 7) is 0.159. The molecule has 0 bridgehead atoms. The van der Waals surface area contributed by atoms with Crippen LogP contribution in [0.5, 0.6) is 0 Å². The lowest BCUT2D eigenvalue weighted by molar-refractivity contribution is -0.136. The van der Waals surface area contributed by atoms with E-state index in [4.69, 9.17) is 23.2 Å². The largest absolute Gasteiger partial charge is 0.375 e. The molecular weight excluding hydrogens is 471 g/mol. The molecular formula is C27H20Cl2N2O3. The molecule has 0 fully saturated rings. The smallest absolute Gasteiger partial charge is 0.264 e. The average Bonchev–Trinajstić information content (AvgIpc) is 3.44. The number of nitrogens with zero attached hydrogens (tertiary/aromatic N) is 2. The molecule has 1 N–H and O–H groups in total. The number of aliphatic hydroxyl groups is 1. The summed E-state index contributed by atoms with van der Waals surface area (Å²) in [7, 11) is 0. The van der Waals surface area contributed by atoms with Crippen molar-refractivity contribution in [2.75, 3.05) is 4.90 Å². The van der Waals surface area contributed by atoms with E-state index in [1.54, 1.807) is 42.5 Å². The molecule has 1 atom stereocenters. The number of hydrogen-bond acceptors (Lipinski definition) is 3. The molecule has 7 heteroatoms. The summed E-state index contributed by atoms with van der Waals surface area (Å²) in [4.78, 5) is 28.3. The van der Waals surface area contributed by atoms with E-state index in [1.807, 2.05) is 53.4 Å². The fourth-order valence-electron chi connectivity index (χ4n) is 4.33. The highest BCUT2D eigenvalue weighted by atomic mass is 35.5. The van der Waals surface area contributed by atoms with Crippen LogP contribution in [-0.4, -0.2) is 21.4 Å². The molecule has 34 heavy (non-hydrogen) atoms. The van der Waals surface area contributed by atoms with E-state index >= 15 is 0 Å². The van der Waals surface area contributed by atoms with Crippen LogP contribution < -0.4 is 4.90 Å². The van der Waals surface area contributed by atoms with Crippen molar-refractivity contribution in [2.45, 2.75) is 18.6 Å². The third-order valence-corrected chi connectivity index (χ3v) is 6.67. The molecule has 4 aromatic rings. The number of anilines is 1. The van der Waals surface area contributed by atoms with Gasteiger partial charge in [0.15, 0.2) is 11.4 Å². The number of hydrogen-bond donors (Lipinski definition) is 1. The summed E-state index contributed by atoms with van der Waals surface area (Å²) >= 11 is 12.5. The second-order valence-electron chi connectivity index (χ2n) is 8.25. The van der Waals surface area contributed by atoms with E-state index in [9.17, 15) is 14.7 Å². The van der Waals surface area contributed by atoms with E-state index in [0.29, 0.717) is 26.9 Å². The molecule has 1 aliphatic rings. The Morgan fingerprint density at radius 1 is 0.912 bits per heavy atom. The van der Waals surface area contributed by atoms with Crippen molar-refractivity contribution in [3.8, 4) is 5.69 Å². The van der Waals surface area contributed by atoms with Crippen LogP contribution in [0.4, 0.5) is 5.69 Å². The van der Waals surface area contributed by atoms with Gasteiger partial charge in [-0.05, 0) is 54.1 Å². The van der Waals surface area contributed by atoms with Crippen molar-refractivity contribution < 1.29 is 14.7 Å². The second-order valence-corrected chi connectivity index (χ2v) is 9.09. The van der Waals surface area contributed by atoms with Crippen LogP contribution in [0.25, 0.3) is 5.69 Å². The van der Waals surface area contributed by atoms with Crippen molar-refractivity contribution >= 4 is 40.6 Å². The first-order valence-corrected chi connectivity index (χ1v) is 11.5. The molecule has 0 radical (unpaired) electrons. The summed E-state index contributed by atoms with van der Waals surface area (Å²) in [6.07, 6.45) is 3.35.